The third-order valence-electron chi connectivity index (χ3n) is 4.27. The Balaban J connectivity index is 2.84. The number of halogens is 3. The van der Waals surface area contributed by atoms with Gasteiger partial charge in [-0.15, -0.1) is 0 Å². The van der Waals surface area contributed by atoms with E-state index in [9.17, 15) is 13.2 Å². The molecule has 1 aromatic carbocycles. The summed E-state index contributed by atoms with van der Waals surface area (Å²) in [5, 5.41) is 0. The maximum atomic E-state index is 13.2. The number of alkyl halides is 3. The Hall–Kier alpha value is -0.990. The van der Waals surface area contributed by atoms with E-state index in [0.29, 0.717) is 5.56 Å². The molecule has 0 aliphatic heterocycles. The summed E-state index contributed by atoms with van der Waals surface area (Å²) in [7, 11) is 0. The van der Waals surface area contributed by atoms with Crippen molar-refractivity contribution in [1.82, 2.24) is 0 Å². The van der Waals surface area contributed by atoms with Crippen molar-refractivity contribution in [1.29, 1.82) is 0 Å². The van der Waals surface area contributed by atoms with Crippen molar-refractivity contribution in [3.8, 4) is 0 Å². The molecule has 0 aromatic heterocycles. The Morgan fingerprint density at radius 2 is 1.36 bits per heavy atom. The third-order valence-corrected chi connectivity index (χ3v) is 4.27. The van der Waals surface area contributed by atoms with Crippen LogP contribution in [0, 0.1) is 0 Å². The molecule has 0 aliphatic rings. The maximum absolute atomic E-state index is 13.2. The molecule has 0 fully saturated rings. The van der Waals surface area contributed by atoms with Gasteiger partial charge in [0.05, 0.1) is 5.56 Å². The number of rotatable bonds is 10. The van der Waals surface area contributed by atoms with Crippen molar-refractivity contribution in [2.75, 3.05) is 0 Å². The van der Waals surface area contributed by atoms with Gasteiger partial charge in [0.1, 0.15) is 0 Å². The van der Waals surface area contributed by atoms with Crippen molar-refractivity contribution in [3.05, 3.63) is 35.4 Å². The van der Waals surface area contributed by atoms with Crippen LogP contribution in [-0.4, -0.2) is 0 Å². The predicted octanol–water partition coefficient (Wildman–Crippen LogP) is 7.34. The Bertz CT molecular complexity index is 409. The van der Waals surface area contributed by atoms with Gasteiger partial charge in [-0.3, -0.25) is 0 Å². The number of hydrogen-bond acceptors (Lipinski definition) is 0. The lowest BCUT2D eigenvalue weighted by atomic mass is 9.85. The molecule has 0 N–H and O–H groups in total. The van der Waals surface area contributed by atoms with E-state index in [2.05, 4.69) is 13.8 Å². The minimum Gasteiger partial charge on any atom is -0.166 e. The van der Waals surface area contributed by atoms with Gasteiger partial charge in [-0.25, -0.2) is 0 Å². The molecule has 0 amide bonds. The minimum absolute atomic E-state index is 0.0428. The fourth-order valence-corrected chi connectivity index (χ4v) is 3.02. The molecular weight excluding hydrogens is 285 g/mol. The fourth-order valence-electron chi connectivity index (χ4n) is 3.02. The molecule has 0 heterocycles. The van der Waals surface area contributed by atoms with Crippen molar-refractivity contribution in [3.63, 3.8) is 0 Å². The zero-order valence-electron chi connectivity index (χ0n) is 13.9. The van der Waals surface area contributed by atoms with Gasteiger partial charge in [0.25, 0.3) is 0 Å². The van der Waals surface area contributed by atoms with Gasteiger partial charge in [-0.1, -0.05) is 77.0 Å². The van der Waals surface area contributed by atoms with Crippen LogP contribution in [0.25, 0.3) is 0 Å². The first kappa shape index (κ1) is 19.1. The summed E-state index contributed by atoms with van der Waals surface area (Å²) in [6.07, 6.45) is 5.17. The highest BCUT2D eigenvalue weighted by Crippen LogP contribution is 2.38. The van der Waals surface area contributed by atoms with Crippen molar-refractivity contribution in [2.24, 2.45) is 0 Å². The Morgan fingerprint density at radius 1 is 0.818 bits per heavy atom. The van der Waals surface area contributed by atoms with Crippen LogP contribution < -0.4 is 0 Å². The molecule has 1 unspecified atom stereocenters. The molecule has 3 heteroatoms. The second-order valence-electron chi connectivity index (χ2n) is 6.13. The molecule has 0 bridgehead atoms. The summed E-state index contributed by atoms with van der Waals surface area (Å²) in [5.74, 6) is 0.0428. The van der Waals surface area contributed by atoms with E-state index < -0.39 is 11.7 Å². The summed E-state index contributed by atoms with van der Waals surface area (Å²) < 4.78 is 39.7. The molecule has 0 spiro atoms. The lowest BCUT2D eigenvalue weighted by Gasteiger charge is -2.22. The third kappa shape index (κ3) is 6.41. The monoisotopic (exact) mass is 314 g/mol. The summed E-state index contributed by atoms with van der Waals surface area (Å²) in [4.78, 5) is 0. The molecule has 0 radical (unpaired) electrons. The van der Waals surface area contributed by atoms with E-state index in [-0.39, 0.29) is 5.92 Å². The van der Waals surface area contributed by atoms with Crippen molar-refractivity contribution >= 4 is 0 Å². The summed E-state index contributed by atoms with van der Waals surface area (Å²) in [6.45, 7) is 4.28. The first-order chi connectivity index (χ1) is 10.5. The highest BCUT2D eigenvalue weighted by molar-refractivity contribution is 5.32. The highest BCUT2D eigenvalue weighted by atomic mass is 19.4. The molecule has 126 valence electrons. The molecule has 1 rings (SSSR count). The van der Waals surface area contributed by atoms with Crippen LogP contribution in [0.3, 0.4) is 0 Å². The summed E-state index contributed by atoms with van der Waals surface area (Å²) in [5.41, 5.74) is 0.0644. The second kappa shape index (κ2) is 9.91. The first-order valence-electron chi connectivity index (χ1n) is 8.66. The van der Waals surface area contributed by atoms with Crippen molar-refractivity contribution in [2.45, 2.75) is 83.7 Å². The molecule has 0 aliphatic carbocycles. The maximum Gasteiger partial charge on any atom is 0.416 e. The molecule has 0 saturated carbocycles. The second-order valence-corrected chi connectivity index (χ2v) is 6.13. The van der Waals surface area contributed by atoms with E-state index in [1.807, 2.05) is 0 Å². The fraction of sp³-hybridized carbons (Fsp3) is 0.684. The van der Waals surface area contributed by atoms with Gasteiger partial charge in [-0.2, -0.15) is 13.2 Å². The summed E-state index contributed by atoms with van der Waals surface area (Å²) in [6, 6.07) is 6.14. The highest BCUT2D eigenvalue weighted by Gasteiger charge is 2.34. The van der Waals surface area contributed by atoms with Crippen LogP contribution in [0.4, 0.5) is 13.2 Å². The average molecular weight is 314 g/mol. The van der Waals surface area contributed by atoms with Crippen LogP contribution in [0.15, 0.2) is 24.3 Å². The van der Waals surface area contributed by atoms with Crippen LogP contribution in [0.2, 0.25) is 0 Å². The zero-order chi connectivity index (χ0) is 16.4. The van der Waals surface area contributed by atoms with Gasteiger partial charge in [0.15, 0.2) is 0 Å². The molecule has 0 nitrogen and oxygen atoms in total. The van der Waals surface area contributed by atoms with E-state index in [4.69, 9.17) is 0 Å². The van der Waals surface area contributed by atoms with Gasteiger partial charge < -0.3 is 0 Å². The summed E-state index contributed by atoms with van der Waals surface area (Å²) >= 11 is 0. The Morgan fingerprint density at radius 3 is 1.95 bits per heavy atom. The molecule has 0 saturated heterocycles. The first-order valence-corrected chi connectivity index (χ1v) is 8.66. The topological polar surface area (TPSA) is 0 Å². The van der Waals surface area contributed by atoms with Gasteiger partial charge in [0.2, 0.25) is 0 Å². The molecular formula is C19H29F3. The standard InChI is InChI=1S/C19H29F3/c1-3-5-7-9-13-16(12-8-6-4-2)17-14-10-11-15-18(17)19(20,21)22/h10-11,14-16H,3-9,12-13H2,1-2H3. The number of hydrogen-bond donors (Lipinski definition) is 0. The van der Waals surface area contributed by atoms with Gasteiger partial charge >= 0.3 is 6.18 Å². The van der Waals surface area contributed by atoms with Crippen LogP contribution >= 0.6 is 0 Å². The van der Waals surface area contributed by atoms with Gasteiger partial charge in [-0.05, 0) is 30.4 Å². The SMILES string of the molecule is CCCCCCC(CCCCC)c1ccccc1C(F)(F)F. The average Bonchev–Trinajstić information content (AvgIpc) is 2.49. The van der Waals surface area contributed by atoms with Crippen LogP contribution in [0.5, 0.6) is 0 Å². The lowest BCUT2D eigenvalue weighted by molar-refractivity contribution is -0.138. The zero-order valence-corrected chi connectivity index (χ0v) is 13.9. The van der Waals surface area contributed by atoms with E-state index in [1.54, 1.807) is 12.1 Å². The number of unbranched alkanes of at least 4 members (excludes halogenated alkanes) is 5. The Labute approximate surface area is 133 Å². The quantitative estimate of drug-likeness (QED) is 0.396. The van der Waals surface area contributed by atoms with Crippen LogP contribution in [-0.2, 0) is 6.18 Å². The largest absolute Gasteiger partial charge is 0.416 e. The lowest BCUT2D eigenvalue weighted by Crippen LogP contribution is -2.12. The normalized spacial score (nSPS) is 13.3. The molecule has 22 heavy (non-hydrogen) atoms. The molecule has 1 atom stereocenters. The van der Waals surface area contributed by atoms with E-state index in [1.165, 1.54) is 18.6 Å². The van der Waals surface area contributed by atoms with E-state index >= 15 is 0 Å². The Kier molecular flexibility index (Phi) is 8.59. The van der Waals surface area contributed by atoms with Crippen LogP contribution in [0.1, 0.15) is 88.7 Å². The van der Waals surface area contributed by atoms with Crippen molar-refractivity contribution < 1.29 is 13.2 Å². The predicted molar refractivity (Wildman–Crippen MR) is 87.1 cm³/mol. The smallest absolute Gasteiger partial charge is 0.166 e. The van der Waals surface area contributed by atoms with Gasteiger partial charge in [0, 0.05) is 0 Å². The molecule has 1 aromatic rings. The minimum atomic E-state index is -4.25. The van der Waals surface area contributed by atoms with E-state index in [0.717, 1.165) is 51.4 Å². The number of benzene rings is 1.